The van der Waals surface area contributed by atoms with Crippen LogP contribution in [0.5, 0.6) is 0 Å². The molecule has 78 valence electrons. The number of benzene rings is 1. The van der Waals surface area contributed by atoms with Crippen molar-refractivity contribution in [2.45, 2.75) is 0 Å². The molecule has 0 aliphatic heterocycles. The van der Waals surface area contributed by atoms with Gasteiger partial charge in [-0.15, -0.1) is 0 Å². The van der Waals surface area contributed by atoms with Crippen LogP contribution in [-0.2, 0) is 10.0 Å². The fraction of sp³-hybridized carbons (Fsp3) is 0.143. The second kappa shape index (κ2) is 4.47. The molecular weight excluding hydrogens is 435 g/mol. The number of hydrogen-bond acceptors (Lipinski definition) is 2. The average Bonchev–Trinajstić information content (AvgIpc) is 1.97. The third-order valence-corrected chi connectivity index (χ3v) is 3.62. The van der Waals surface area contributed by atoms with Gasteiger partial charge in [-0.3, -0.25) is 4.72 Å². The van der Waals surface area contributed by atoms with E-state index in [1.165, 1.54) is 12.1 Å². The van der Waals surface area contributed by atoms with Gasteiger partial charge in [0.05, 0.1) is 15.5 Å². The predicted octanol–water partition coefficient (Wildman–Crippen LogP) is 2.41. The Balaban J connectivity index is 3.17. The van der Waals surface area contributed by atoms with Crippen molar-refractivity contribution in [3.63, 3.8) is 0 Å². The van der Waals surface area contributed by atoms with Crippen LogP contribution in [0.15, 0.2) is 12.1 Å². The Morgan fingerprint density at radius 3 is 2.36 bits per heavy atom. The highest BCUT2D eigenvalue weighted by Gasteiger charge is 2.09. The van der Waals surface area contributed by atoms with E-state index in [9.17, 15) is 12.8 Å². The average molecular weight is 441 g/mol. The molecule has 14 heavy (non-hydrogen) atoms. The molecule has 1 aromatic carbocycles. The minimum Gasteiger partial charge on any atom is -0.283 e. The molecule has 0 radical (unpaired) electrons. The van der Waals surface area contributed by atoms with Crippen LogP contribution >= 0.6 is 45.2 Å². The van der Waals surface area contributed by atoms with Gasteiger partial charge in [-0.25, -0.2) is 12.8 Å². The summed E-state index contributed by atoms with van der Waals surface area (Å²) in [5.41, 5.74) is 0.402. The zero-order valence-corrected chi connectivity index (χ0v) is 12.1. The molecule has 0 saturated heterocycles. The molecule has 1 N–H and O–H groups in total. The van der Waals surface area contributed by atoms with Crippen LogP contribution in [0.25, 0.3) is 0 Å². The van der Waals surface area contributed by atoms with E-state index >= 15 is 0 Å². The second-order valence-corrected chi connectivity index (χ2v) is 6.69. The maximum atomic E-state index is 13.0. The lowest BCUT2D eigenvalue weighted by Crippen LogP contribution is -2.11. The summed E-state index contributed by atoms with van der Waals surface area (Å²) in [6.45, 7) is 0. The first-order chi connectivity index (χ1) is 6.29. The Morgan fingerprint density at radius 2 is 1.86 bits per heavy atom. The first kappa shape index (κ1) is 12.4. The lowest BCUT2D eigenvalue weighted by molar-refractivity contribution is 0.606. The van der Waals surface area contributed by atoms with Gasteiger partial charge in [-0.1, -0.05) is 0 Å². The minimum atomic E-state index is -3.31. The molecule has 0 aliphatic carbocycles. The summed E-state index contributed by atoms with van der Waals surface area (Å²) in [7, 11) is -3.31. The summed E-state index contributed by atoms with van der Waals surface area (Å²) in [5, 5.41) is 0. The SMILES string of the molecule is CS(=O)(=O)Nc1cc(I)c(F)cc1I. The van der Waals surface area contributed by atoms with Crippen LogP contribution in [0.4, 0.5) is 10.1 Å². The zero-order chi connectivity index (χ0) is 10.9. The largest absolute Gasteiger partial charge is 0.283 e. The molecule has 0 heterocycles. The quantitative estimate of drug-likeness (QED) is 0.567. The first-order valence-corrected chi connectivity index (χ1v) is 7.47. The summed E-state index contributed by atoms with van der Waals surface area (Å²) in [5.74, 6) is -0.353. The highest BCUT2D eigenvalue weighted by molar-refractivity contribution is 14.1. The normalized spacial score (nSPS) is 11.4. The number of nitrogens with one attached hydrogen (secondary N) is 1. The van der Waals surface area contributed by atoms with Crippen LogP contribution in [0.2, 0.25) is 0 Å². The molecule has 0 aliphatic rings. The van der Waals surface area contributed by atoms with Crippen molar-refractivity contribution in [2.75, 3.05) is 11.0 Å². The molecule has 1 aromatic rings. The number of sulfonamides is 1. The zero-order valence-electron chi connectivity index (χ0n) is 7.01. The predicted molar refractivity (Wildman–Crippen MR) is 70.3 cm³/mol. The molecule has 0 fully saturated rings. The second-order valence-electron chi connectivity index (χ2n) is 2.62. The third kappa shape index (κ3) is 3.50. The van der Waals surface area contributed by atoms with Gasteiger partial charge in [0, 0.05) is 3.57 Å². The van der Waals surface area contributed by atoms with Crippen LogP contribution in [0.3, 0.4) is 0 Å². The topological polar surface area (TPSA) is 46.2 Å². The third-order valence-electron chi connectivity index (χ3n) is 1.31. The maximum Gasteiger partial charge on any atom is 0.229 e. The van der Waals surface area contributed by atoms with E-state index in [4.69, 9.17) is 0 Å². The number of rotatable bonds is 2. The lowest BCUT2D eigenvalue weighted by atomic mass is 10.3. The van der Waals surface area contributed by atoms with Crippen molar-refractivity contribution in [1.29, 1.82) is 0 Å². The molecule has 0 aromatic heterocycles. The van der Waals surface area contributed by atoms with Crippen molar-refractivity contribution in [2.24, 2.45) is 0 Å². The highest BCUT2D eigenvalue weighted by Crippen LogP contribution is 2.24. The Morgan fingerprint density at radius 1 is 1.29 bits per heavy atom. The highest BCUT2D eigenvalue weighted by atomic mass is 127. The van der Waals surface area contributed by atoms with E-state index in [-0.39, 0.29) is 5.82 Å². The van der Waals surface area contributed by atoms with E-state index < -0.39 is 10.0 Å². The van der Waals surface area contributed by atoms with Crippen LogP contribution in [-0.4, -0.2) is 14.7 Å². The molecule has 1 rings (SSSR count). The molecule has 7 heteroatoms. The minimum absolute atomic E-state index is 0.353. The smallest absolute Gasteiger partial charge is 0.229 e. The van der Waals surface area contributed by atoms with Crippen LogP contribution in [0, 0.1) is 13.0 Å². The number of halogens is 3. The van der Waals surface area contributed by atoms with Crippen molar-refractivity contribution in [3.8, 4) is 0 Å². The van der Waals surface area contributed by atoms with Gasteiger partial charge < -0.3 is 0 Å². The lowest BCUT2D eigenvalue weighted by Gasteiger charge is -2.07. The summed E-state index contributed by atoms with van der Waals surface area (Å²) in [6, 6.07) is 2.74. The monoisotopic (exact) mass is 441 g/mol. The molecule has 0 unspecified atom stereocenters. The van der Waals surface area contributed by atoms with Crippen molar-refractivity contribution < 1.29 is 12.8 Å². The number of anilines is 1. The van der Waals surface area contributed by atoms with Gasteiger partial charge in [0.15, 0.2) is 0 Å². The van der Waals surface area contributed by atoms with E-state index in [2.05, 4.69) is 4.72 Å². The van der Waals surface area contributed by atoms with Gasteiger partial charge in [0.1, 0.15) is 5.82 Å². The fourth-order valence-electron chi connectivity index (χ4n) is 0.801. The molecule has 0 spiro atoms. The summed E-state index contributed by atoms with van der Waals surface area (Å²) >= 11 is 3.68. The number of hydrogen-bond donors (Lipinski definition) is 1. The summed E-state index contributed by atoms with van der Waals surface area (Å²) in [6.07, 6.45) is 1.05. The van der Waals surface area contributed by atoms with Crippen LogP contribution in [0.1, 0.15) is 0 Å². The van der Waals surface area contributed by atoms with Crippen molar-refractivity contribution in [1.82, 2.24) is 0 Å². The standard InChI is InChI=1S/C7H6FI2NO2S/c1-14(12,13)11-7-3-5(9)4(8)2-6(7)10/h2-3,11H,1H3. The summed E-state index contributed by atoms with van der Waals surface area (Å²) in [4.78, 5) is 0. The van der Waals surface area contributed by atoms with Gasteiger partial charge in [-0.2, -0.15) is 0 Å². The first-order valence-electron chi connectivity index (χ1n) is 3.42. The van der Waals surface area contributed by atoms with Gasteiger partial charge in [0.25, 0.3) is 0 Å². The maximum absolute atomic E-state index is 13.0. The fourth-order valence-corrected chi connectivity index (χ4v) is 2.58. The molecule has 0 amide bonds. The molecule has 0 bridgehead atoms. The molecular formula is C7H6FI2NO2S. The van der Waals surface area contributed by atoms with Crippen molar-refractivity contribution >= 4 is 60.9 Å². The van der Waals surface area contributed by atoms with E-state index in [1.807, 2.05) is 22.6 Å². The van der Waals surface area contributed by atoms with Crippen LogP contribution < -0.4 is 4.72 Å². The molecule has 0 atom stereocenters. The van der Waals surface area contributed by atoms with Gasteiger partial charge in [0.2, 0.25) is 10.0 Å². The van der Waals surface area contributed by atoms with Crippen molar-refractivity contribution in [3.05, 3.63) is 25.1 Å². The molecule has 3 nitrogen and oxygen atoms in total. The van der Waals surface area contributed by atoms with E-state index in [0.717, 1.165) is 6.26 Å². The molecule has 0 saturated carbocycles. The van der Waals surface area contributed by atoms with Gasteiger partial charge in [-0.05, 0) is 57.3 Å². The van der Waals surface area contributed by atoms with Gasteiger partial charge >= 0.3 is 0 Å². The van der Waals surface area contributed by atoms with E-state index in [1.54, 1.807) is 22.6 Å². The van der Waals surface area contributed by atoms with E-state index in [0.29, 0.717) is 12.8 Å². The Hall–Kier alpha value is 0.360. The summed E-state index contributed by atoms with van der Waals surface area (Å²) < 4.78 is 38.1. The Kier molecular flexibility index (Phi) is 3.97. The Labute approximate surface area is 109 Å². The Bertz CT molecular complexity index is 461.